The highest BCUT2D eigenvalue weighted by molar-refractivity contribution is 7.84. The lowest BCUT2D eigenvalue weighted by Crippen LogP contribution is -2.51. The highest BCUT2D eigenvalue weighted by Gasteiger charge is 2.28. The summed E-state index contributed by atoms with van der Waals surface area (Å²) < 4.78 is 13.8. The van der Waals surface area contributed by atoms with E-state index >= 15 is 0 Å². The number of carbonyl (C=O) groups is 1. The standard InChI is InChI=1S/C32H36ClN5O2S2/c1-35-14-6-7-23(21-35)22-36-15-17-37(18-16-36)32(39)27-20-29(38(34-27)28-11-4-3-10-26(28)33)31-13-12-30(41-31)24-8-5-9-25(19-24)42(2)40/h3-5,8-13,19-20,23H,6-7,14-18,21-22H2,1-2H3. The van der Waals surface area contributed by atoms with Gasteiger partial charge < -0.3 is 9.80 Å². The van der Waals surface area contributed by atoms with Gasteiger partial charge in [-0.15, -0.1) is 11.3 Å². The summed E-state index contributed by atoms with van der Waals surface area (Å²) in [5.41, 5.74) is 2.98. The number of benzene rings is 2. The number of carbonyl (C=O) groups excluding carboxylic acids is 1. The number of likely N-dealkylation sites (tertiary alicyclic amines) is 1. The van der Waals surface area contributed by atoms with Crippen molar-refractivity contribution in [3.63, 3.8) is 0 Å². The summed E-state index contributed by atoms with van der Waals surface area (Å²) in [7, 11) is 1.16. The van der Waals surface area contributed by atoms with Gasteiger partial charge in [-0.05, 0) is 80.4 Å². The van der Waals surface area contributed by atoms with Crippen molar-refractivity contribution in [2.75, 3.05) is 59.1 Å². The normalized spacial score (nSPS) is 19.2. The first-order valence-electron chi connectivity index (χ1n) is 14.4. The number of nitrogens with zero attached hydrogens (tertiary/aromatic N) is 5. The molecule has 0 bridgehead atoms. The molecular weight excluding hydrogens is 586 g/mol. The molecule has 0 spiro atoms. The van der Waals surface area contributed by atoms with Crippen LogP contribution in [0.1, 0.15) is 23.3 Å². The third-order valence-electron chi connectivity index (χ3n) is 8.22. The molecule has 0 aliphatic carbocycles. The van der Waals surface area contributed by atoms with E-state index < -0.39 is 10.8 Å². The monoisotopic (exact) mass is 621 g/mol. The van der Waals surface area contributed by atoms with Gasteiger partial charge in [0, 0.05) is 66.1 Å². The second kappa shape index (κ2) is 12.8. The van der Waals surface area contributed by atoms with E-state index in [2.05, 4.69) is 29.0 Å². The number of hydrogen-bond acceptors (Lipinski definition) is 6. The molecule has 6 rings (SSSR count). The van der Waals surface area contributed by atoms with Crippen LogP contribution in [0.25, 0.3) is 26.7 Å². The van der Waals surface area contributed by atoms with E-state index in [0.717, 1.165) is 57.8 Å². The quantitative estimate of drug-likeness (QED) is 0.263. The van der Waals surface area contributed by atoms with Gasteiger partial charge in [-0.25, -0.2) is 4.68 Å². The predicted octanol–water partition coefficient (Wildman–Crippen LogP) is 5.76. The predicted molar refractivity (Wildman–Crippen MR) is 172 cm³/mol. The molecule has 2 aliphatic heterocycles. The lowest BCUT2D eigenvalue weighted by Gasteiger charge is -2.38. The van der Waals surface area contributed by atoms with E-state index in [9.17, 15) is 9.00 Å². The molecule has 2 aromatic carbocycles. The van der Waals surface area contributed by atoms with Crippen LogP contribution in [0.4, 0.5) is 0 Å². The van der Waals surface area contributed by atoms with Crippen LogP contribution < -0.4 is 0 Å². The van der Waals surface area contributed by atoms with Crippen molar-refractivity contribution < 1.29 is 9.00 Å². The van der Waals surface area contributed by atoms with Crippen LogP contribution in [-0.2, 0) is 10.8 Å². The molecule has 2 saturated heterocycles. The van der Waals surface area contributed by atoms with Gasteiger partial charge in [0.1, 0.15) is 0 Å². The van der Waals surface area contributed by atoms with Crippen molar-refractivity contribution in [1.29, 1.82) is 0 Å². The summed E-state index contributed by atoms with van der Waals surface area (Å²) in [5.74, 6) is 0.663. The number of piperidine rings is 1. The largest absolute Gasteiger partial charge is 0.335 e. The number of piperazine rings is 1. The van der Waals surface area contributed by atoms with E-state index in [1.165, 1.54) is 19.4 Å². The first kappa shape index (κ1) is 29.3. The molecule has 220 valence electrons. The molecule has 42 heavy (non-hydrogen) atoms. The Kier molecular flexibility index (Phi) is 8.93. The van der Waals surface area contributed by atoms with Crippen LogP contribution in [-0.4, -0.2) is 93.7 Å². The van der Waals surface area contributed by atoms with Gasteiger partial charge in [0.05, 0.1) is 21.3 Å². The molecule has 2 atom stereocenters. The molecule has 0 saturated carbocycles. The Labute approximate surface area is 259 Å². The summed E-state index contributed by atoms with van der Waals surface area (Å²) in [6.45, 7) is 6.65. The van der Waals surface area contributed by atoms with Gasteiger partial charge in [-0.2, -0.15) is 5.10 Å². The maximum atomic E-state index is 13.7. The van der Waals surface area contributed by atoms with Crippen molar-refractivity contribution in [3.8, 4) is 26.7 Å². The molecule has 4 heterocycles. The summed E-state index contributed by atoms with van der Waals surface area (Å²) >= 11 is 8.23. The van der Waals surface area contributed by atoms with Gasteiger partial charge in [-0.1, -0.05) is 35.9 Å². The van der Waals surface area contributed by atoms with Crippen molar-refractivity contribution >= 4 is 39.6 Å². The lowest BCUT2D eigenvalue weighted by atomic mass is 9.97. The van der Waals surface area contributed by atoms with Gasteiger partial charge in [0.15, 0.2) is 5.69 Å². The van der Waals surface area contributed by atoms with E-state index in [0.29, 0.717) is 29.7 Å². The van der Waals surface area contributed by atoms with Crippen molar-refractivity contribution in [2.45, 2.75) is 17.7 Å². The number of aromatic nitrogens is 2. The van der Waals surface area contributed by atoms with Crippen LogP contribution >= 0.6 is 22.9 Å². The van der Waals surface area contributed by atoms with Crippen LogP contribution in [0.5, 0.6) is 0 Å². The van der Waals surface area contributed by atoms with E-state index in [1.807, 2.05) is 59.5 Å². The van der Waals surface area contributed by atoms with Crippen LogP contribution in [0, 0.1) is 5.92 Å². The van der Waals surface area contributed by atoms with Crippen molar-refractivity contribution in [3.05, 3.63) is 77.4 Å². The van der Waals surface area contributed by atoms with Crippen molar-refractivity contribution in [2.24, 2.45) is 5.92 Å². The highest BCUT2D eigenvalue weighted by atomic mass is 35.5. The van der Waals surface area contributed by atoms with Crippen molar-refractivity contribution in [1.82, 2.24) is 24.5 Å². The lowest BCUT2D eigenvalue weighted by molar-refractivity contribution is 0.0583. The number of rotatable bonds is 7. The molecule has 2 aliphatic rings. The molecule has 1 amide bonds. The number of thiophene rings is 1. The first-order valence-corrected chi connectivity index (χ1v) is 17.2. The fraction of sp³-hybridized carbons (Fsp3) is 0.375. The molecule has 7 nitrogen and oxygen atoms in total. The average molecular weight is 622 g/mol. The zero-order valence-electron chi connectivity index (χ0n) is 24.0. The second-order valence-corrected chi connectivity index (χ2v) is 14.2. The fourth-order valence-corrected chi connectivity index (χ4v) is 7.79. The molecule has 2 fully saturated rings. The summed E-state index contributed by atoms with van der Waals surface area (Å²) in [6, 6.07) is 21.4. The summed E-state index contributed by atoms with van der Waals surface area (Å²) in [6.07, 6.45) is 4.25. The Morgan fingerprint density at radius 3 is 2.55 bits per heavy atom. The van der Waals surface area contributed by atoms with Gasteiger partial charge >= 0.3 is 0 Å². The van der Waals surface area contributed by atoms with Crippen LogP contribution in [0.3, 0.4) is 0 Å². The molecular formula is C32H36ClN5O2S2. The Bertz CT molecular complexity index is 1590. The molecule has 4 aromatic rings. The maximum Gasteiger partial charge on any atom is 0.274 e. The minimum Gasteiger partial charge on any atom is -0.335 e. The van der Waals surface area contributed by atoms with E-state index in [1.54, 1.807) is 22.3 Å². The molecule has 10 heteroatoms. The van der Waals surface area contributed by atoms with E-state index in [4.69, 9.17) is 16.7 Å². The Hall–Kier alpha value is -2.82. The third kappa shape index (κ3) is 6.40. The molecule has 2 aromatic heterocycles. The Morgan fingerprint density at radius 2 is 1.79 bits per heavy atom. The SMILES string of the molecule is CN1CCCC(CN2CCN(C(=O)c3cc(-c4ccc(-c5cccc(S(C)=O)c5)s4)n(-c4ccccc4Cl)n3)CC2)C1. The summed E-state index contributed by atoms with van der Waals surface area (Å²) in [5, 5.41) is 5.39. The van der Waals surface area contributed by atoms with Gasteiger partial charge in [0.25, 0.3) is 5.91 Å². The Morgan fingerprint density at radius 1 is 1.00 bits per heavy atom. The summed E-state index contributed by atoms with van der Waals surface area (Å²) in [4.78, 5) is 23.4. The first-order chi connectivity index (χ1) is 20.4. The molecule has 2 unspecified atom stereocenters. The minimum atomic E-state index is -1.06. The number of halogens is 1. The van der Waals surface area contributed by atoms with Gasteiger partial charge in [0.2, 0.25) is 0 Å². The third-order valence-corrected chi connectivity index (χ3v) is 10.6. The van der Waals surface area contributed by atoms with Crippen LogP contribution in [0.15, 0.2) is 71.6 Å². The Balaban J connectivity index is 1.24. The maximum absolute atomic E-state index is 13.7. The average Bonchev–Trinajstić information content (AvgIpc) is 3.66. The second-order valence-electron chi connectivity index (χ2n) is 11.3. The number of para-hydroxylation sites is 1. The zero-order chi connectivity index (χ0) is 29.2. The smallest absolute Gasteiger partial charge is 0.274 e. The number of hydrogen-bond donors (Lipinski definition) is 0. The number of amides is 1. The van der Waals surface area contributed by atoms with Gasteiger partial charge in [-0.3, -0.25) is 13.9 Å². The molecule has 0 radical (unpaired) electrons. The fourth-order valence-electron chi connectivity index (χ4n) is 6.01. The zero-order valence-corrected chi connectivity index (χ0v) is 26.4. The minimum absolute atomic E-state index is 0.0472. The van der Waals surface area contributed by atoms with E-state index in [-0.39, 0.29) is 5.91 Å². The van der Waals surface area contributed by atoms with Crippen LogP contribution in [0.2, 0.25) is 5.02 Å². The highest BCUT2D eigenvalue weighted by Crippen LogP contribution is 2.37. The molecule has 0 N–H and O–H groups in total. The topological polar surface area (TPSA) is 61.7 Å².